The zero-order valence-corrected chi connectivity index (χ0v) is 18.1. The number of aromatic nitrogens is 1. The summed E-state index contributed by atoms with van der Waals surface area (Å²) in [5, 5.41) is 4.04. The van der Waals surface area contributed by atoms with E-state index in [9.17, 15) is 4.79 Å². The Balaban J connectivity index is 1.56. The number of ether oxygens (including phenoxy) is 1. The molecule has 28 heavy (non-hydrogen) atoms. The Morgan fingerprint density at radius 1 is 1.32 bits per heavy atom. The summed E-state index contributed by atoms with van der Waals surface area (Å²) in [5.41, 5.74) is 3.21. The molecule has 1 atom stereocenters. The zero-order valence-electron chi connectivity index (χ0n) is 17.3. The molecule has 1 fully saturated rings. The van der Waals surface area contributed by atoms with Gasteiger partial charge in [0.05, 0.1) is 29.8 Å². The molecular weight excluding hydrogens is 370 g/mol. The maximum atomic E-state index is 12.6. The van der Waals surface area contributed by atoms with E-state index in [1.165, 1.54) is 5.56 Å². The Bertz CT molecular complexity index is 786. The van der Waals surface area contributed by atoms with E-state index in [1.807, 2.05) is 6.92 Å². The average Bonchev–Trinajstić information content (AvgIpc) is 3.00. The molecule has 6 heteroatoms. The van der Waals surface area contributed by atoms with E-state index in [1.54, 1.807) is 11.3 Å². The van der Waals surface area contributed by atoms with Crippen molar-refractivity contribution in [2.45, 2.75) is 40.2 Å². The number of morpholine rings is 1. The van der Waals surface area contributed by atoms with E-state index < -0.39 is 0 Å². The molecule has 1 amide bonds. The third-order valence-electron chi connectivity index (χ3n) is 4.82. The lowest BCUT2D eigenvalue weighted by Gasteiger charge is -2.33. The molecule has 0 radical (unpaired) electrons. The molecule has 1 N–H and O–H groups in total. The zero-order chi connectivity index (χ0) is 20.1. The van der Waals surface area contributed by atoms with Crippen molar-refractivity contribution in [3.05, 3.63) is 39.7 Å². The maximum absolute atomic E-state index is 12.6. The molecule has 152 valence electrons. The molecule has 5 nitrogen and oxygen atoms in total. The summed E-state index contributed by atoms with van der Waals surface area (Å²) in [6.07, 6.45) is 0.424. The first kappa shape index (κ1) is 21.0. The van der Waals surface area contributed by atoms with E-state index in [-0.39, 0.29) is 12.0 Å². The van der Waals surface area contributed by atoms with Crippen molar-refractivity contribution in [3.8, 4) is 11.3 Å². The maximum Gasteiger partial charge on any atom is 0.225 e. The summed E-state index contributed by atoms with van der Waals surface area (Å²) in [5.74, 6) is 0.671. The minimum absolute atomic E-state index is 0.0293. The molecule has 1 saturated heterocycles. The van der Waals surface area contributed by atoms with Crippen molar-refractivity contribution in [1.82, 2.24) is 15.2 Å². The number of thiazole rings is 1. The van der Waals surface area contributed by atoms with Crippen LogP contribution >= 0.6 is 11.3 Å². The topological polar surface area (TPSA) is 54.5 Å². The first-order chi connectivity index (χ1) is 13.4. The van der Waals surface area contributed by atoms with Gasteiger partial charge in [-0.2, -0.15) is 0 Å². The van der Waals surface area contributed by atoms with Gasteiger partial charge in [-0.3, -0.25) is 9.69 Å². The van der Waals surface area contributed by atoms with Crippen molar-refractivity contribution in [2.24, 2.45) is 5.92 Å². The predicted octanol–water partition coefficient (Wildman–Crippen LogP) is 3.44. The van der Waals surface area contributed by atoms with Crippen LogP contribution in [0.15, 0.2) is 24.3 Å². The fourth-order valence-electron chi connectivity index (χ4n) is 3.55. The van der Waals surface area contributed by atoms with Gasteiger partial charge in [0.2, 0.25) is 5.91 Å². The van der Waals surface area contributed by atoms with Crippen LogP contribution in [0.2, 0.25) is 0 Å². The number of rotatable bonds is 7. The van der Waals surface area contributed by atoms with Gasteiger partial charge in [-0.15, -0.1) is 11.3 Å². The Kier molecular flexibility index (Phi) is 7.21. The van der Waals surface area contributed by atoms with Gasteiger partial charge >= 0.3 is 0 Å². The molecule has 0 aliphatic carbocycles. The van der Waals surface area contributed by atoms with E-state index >= 15 is 0 Å². The Labute approximate surface area is 172 Å². The van der Waals surface area contributed by atoms with Crippen molar-refractivity contribution >= 4 is 17.2 Å². The number of carbonyl (C=O) groups is 1. The van der Waals surface area contributed by atoms with Crippen molar-refractivity contribution in [3.63, 3.8) is 0 Å². The quantitative estimate of drug-likeness (QED) is 0.772. The molecule has 1 aliphatic rings. The van der Waals surface area contributed by atoms with Gasteiger partial charge in [-0.1, -0.05) is 43.7 Å². The minimum atomic E-state index is 0.0293. The second-order valence-electron chi connectivity index (χ2n) is 8.00. The third kappa shape index (κ3) is 5.87. The van der Waals surface area contributed by atoms with Crippen molar-refractivity contribution < 1.29 is 9.53 Å². The Morgan fingerprint density at radius 3 is 2.79 bits per heavy atom. The fraction of sp³-hybridized carbons (Fsp3) is 0.545. The van der Waals surface area contributed by atoms with Gasteiger partial charge in [0.1, 0.15) is 0 Å². The number of carbonyl (C=O) groups excluding carboxylic acids is 1. The molecule has 1 aromatic heterocycles. The van der Waals surface area contributed by atoms with Crippen LogP contribution < -0.4 is 5.32 Å². The van der Waals surface area contributed by atoms with Crippen LogP contribution in [-0.2, 0) is 16.0 Å². The number of hydrogen-bond acceptors (Lipinski definition) is 5. The lowest BCUT2D eigenvalue weighted by atomic mass is 10.1. The van der Waals surface area contributed by atoms with Gasteiger partial charge in [-0.05, 0) is 19.8 Å². The SMILES string of the molecule is Cc1ccc(-c2nc(C)sc2CC(=O)NCC2CN(CC(C)C)CCO2)cc1. The Morgan fingerprint density at radius 2 is 2.07 bits per heavy atom. The van der Waals surface area contributed by atoms with E-state index in [4.69, 9.17) is 4.74 Å². The second kappa shape index (κ2) is 9.63. The number of nitrogens with zero attached hydrogens (tertiary/aromatic N) is 2. The van der Waals surface area contributed by atoms with Gasteiger partial charge in [0.25, 0.3) is 0 Å². The molecular formula is C22H31N3O2S. The minimum Gasteiger partial charge on any atom is -0.374 e. The van der Waals surface area contributed by atoms with Crippen LogP contribution in [0, 0.1) is 19.8 Å². The molecule has 2 heterocycles. The highest BCUT2D eigenvalue weighted by Crippen LogP contribution is 2.28. The van der Waals surface area contributed by atoms with Crippen LogP contribution in [0.5, 0.6) is 0 Å². The summed E-state index contributed by atoms with van der Waals surface area (Å²) in [7, 11) is 0. The Hall–Kier alpha value is -1.76. The van der Waals surface area contributed by atoms with Crippen LogP contribution in [0.1, 0.15) is 29.3 Å². The highest BCUT2D eigenvalue weighted by atomic mass is 32.1. The lowest BCUT2D eigenvalue weighted by molar-refractivity contribution is -0.121. The molecule has 0 spiro atoms. The molecule has 1 unspecified atom stereocenters. The van der Waals surface area contributed by atoms with Crippen LogP contribution in [0.4, 0.5) is 0 Å². The van der Waals surface area contributed by atoms with Gasteiger partial charge in [0.15, 0.2) is 0 Å². The first-order valence-electron chi connectivity index (χ1n) is 10.0. The van der Waals surface area contributed by atoms with Gasteiger partial charge < -0.3 is 10.1 Å². The first-order valence-corrected chi connectivity index (χ1v) is 10.9. The summed E-state index contributed by atoms with van der Waals surface area (Å²) in [6.45, 7) is 12.8. The van der Waals surface area contributed by atoms with Gasteiger partial charge in [0, 0.05) is 36.6 Å². The molecule has 2 aromatic rings. The molecule has 1 aliphatic heterocycles. The number of benzene rings is 1. The molecule has 0 saturated carbocycles. The summed E-state index contributed by atoms with van der Waals surface area (Å²) in [4.78, 5) is 20.7. The molecule has 1 aromatic carbocycles. The van der Waals surface area contributed by atoms with Crippen molar-refractivity contribution in [2.75, 3.05) is 32.8 Å². The summed E-state index contributed by atoms with van der Waals surface area (Å²) in [6, 6.07) is 8.31. The summed E-state index contributed by atoms with van der Waals surface area (Å²) < 4.78 is 5.83. The predicted molar refractivity (Wildman–Crippen MR) is 115 cm³/mol. The smallest absolute Gasteiger partial charge is 0.225 e. The number of aryl methyl sites for hydroxylation is 2. The standard InChI is InChI=1S/C22H31N3O2S/c1-15(2)13-25-9-10-27-19(14-25)12-23-21(26)11-20-22(24-17(4)28-20)18-7-5-16(3)6-8-18/h5-8,15,19H,9-14H2,1-4H3,(H,23,26). The highest BCUT2D eigenvalue weighted by Gasteiger charge is 2.22. The largest absolute Gasteiger partial charge is 0.374 e. The van der Waals surface area contributed by atoms with Crippen molar-refractivity contribution in [1.29, 1.82) is 0 Å². The number of amides is 1. The highest BCUT2D eigenvalue weighted by molar-refractivity contribution is 7.12. The molecule has 0 bridgehead atoms. The molecule has 3 rings (SSSR count). The normalized spacial score (nSPS) is 17.8. The average molecular weight is 402 g/mol. The second-order valence-corrected chi connectivity index (χ2v) is 9.29. The van der Waals surface area contributed by atoms with Crippen LogP contribution in [-0.4, -0.2) is 54.7 Å². The van der Waals surface area contributed by atoms with Gasteiger partial charge in [-0.25, -0.2) is 4.98 Å². The lowest BCUT2D eigenvalue weighted by Crippen LogP contribution is -2.48. The van der Waals surface area contributed by atoms with Crippen LogP contribution in [0.3, 0.4) is 0 Å². The van der Waals surface area contributed by atoms with E-state index in [0.29, 0.717) is 18.9 Å². The van der Waals surface area contributed by atoms with E-state index in [2.05, 4.69) is 60.2 Å². The third-order valence-corrected chi connectivity index (χ3v) is 5.79. The monoisotopic (exact) mass is 401 g/mol. The van der Waals surface area contributed by atoms with Crippen LogP contribution in [0.25, 0.3) is 11.3 Å². The number of hydrogen-bond donors (Lipinski definition) is 1. The summed E-state index contributed by atoms with van der Waals surface area (Å²) >= 11 is 1.60. The van der Waals surface area contributed by atoms with E-state index in [0.717, 1.165) is 47.4 Å². The fourth-order valence-corrected chi connectivity index (χ4v) is 4.51. The number of nitrogens with one attached hydrogen (secondary N) is 1.